The number of anilines is 2. The molecule has 0 unspecified atom stereocenters. The van der Waals surface area contributed by atoms with Gasteiger partial charge in [-0.1, -0.05) is 43.6 Å². The highest BCUT2D eigenvalue weighted by Crippen LogP contribution is 2.32. The predicted octanol–water partition coefficient (Wildman–Crippen LogP) is 4.27. The summed E-state index contributed by atoms with van der Waals surface area (Å²) < 4.78 is 18.6. The van der Waals surface area contributed by atoms with Crippen molar-refractivity contribution in [2.45, 2.75) is 26.7 Å². The molecule has 0 fully saturated rings. The molecular formula is C28H39ClFN5O4. The fraction of sp³-hybridized carbons (Fsp3) is 0.393. The Morgan fingerprint density at radius 3 is 2.18 bits per heavy atom. The average Bonchev–Trinajstić information content (AvgIpc) is 2.87. The number of carbonyl (C=O) groups is 3. The van der Waals surface area contributed by atoms with E-state index >= 15 is 0 Å². The minimum atomic E-state index is -0.722. The van der Waals surface area contributed by atoms with E-state index in [9.17, 15) is 18.8 Å². The number of nitrogens with zero attached hydrogens (tertiary/aromatic N) is 1. The van der Waals surface area contributed by atoms with Crippen molar-refractivity contribution in [3.63, 3.8) is 0 Å². The molecule has 2 aromatic carbocycles. The van der Waals surface area contributed by atoms with E-state index in [0.717, 1.165) is 11.8 Å². The molecule has 0 aliphatic carbocycles. The fourth-order valence-corrected chi connectivity index (χ4v) is 3.68. The van der Waals surface area contributed by atoms with Gasteiger partial charge in [0.25, 0.3) is 0 Å². The number of rotatable bonds is 12. The zero-order valence-electron chi connectivity index (χ0n) is 23.6. The topological polar surface area (TPSA) is 112 Å². The number of halogens is 2. The van der Waals surface area contributed by atoms with Crippen LogP contribution in [0.1, 0.15) is 26.7 Å². The summed E-state index contributed by atoms with van der Waals surface area (Å²) in [6.45, 7) is 3.95. The van der Waals surface area contributed by atoms with Crippen LogP contribution in [0, 0.1) is 11.2 Å². The number of para-hydroxylation sites is 1. The van der Waals surface area contributed by atoms with Gasteiger partial charge < -0.3 is 30.9 Å². The number of methoxy groups -OCH3 is 1. The molecule has 214 valence electrons. The molecule has 0 aliphatic heterocycles. The lowest BCUT2D eigenvalue weighted by Crippen LogP contribution is -2.34. The molecule has 0 saturated heterocycles. The van der Waals surface area contributed by atoms with Crippen LogP contribution in [0.4, 0.5) is 15.8 Å². The molecule has 2 rings (SSSR count). The first kappa shape index (κ1) is 33.4. The van der Waals surface area contributed by atoms with Gasteiger partial charge in [-0.25, -0.2) is 4.39 Å². The van der Waals surface area contributed by atoms with E-state index in [-0.39, 0.29) is 35.0 Å². The molecule has 4 N–H and O–H groups in total. The molecule has 0 bridgehead atoms. The second-order valence-electron chi connectivity index (χ2n) is 9.69. The lowest BCUT2D eigenvalue weighted by molar-refractivity contribution is -0.124. The molecule has 2 amide bonds. The summed E-state index contributed by atoms with van der Waals surface area (Å²) in [4.78, 5) is 38.3. The molecule has 0 heterocycles. The number of ether oxygens (including phenoxy) is 1. The number of hydrogen-bond acceptors (Lipinski definition) is 7. The molecule has 0 atom stereocenters. The first-order chi connectivity index (χ1) is 18.3. The van der Waals surface area contributed by atoms with Gasteiger partial charge in [-0.3, -0.25) is 14.4 Å². The van der Waals surface area contributed by atoms with Crippen molar-refractivity contribution in [3.05, 3.63) is 64.7 Å². The second-order valence-corrected chi connectivity index (χ2v) is 10.1. The molecule has 0 aliphatic rings. The number of benzene rings is 2. The number of nitrogens with one attached hydrogen (secondary N) is 4. The van der Waals surface area contributed by atoms with Gasteiger partial charge in [-0.2, -0.15) is 0 Å². The second kappa shape index (κ2) is 16.4. The van der Waals surface area contributed by atoms with Crippen molar-refractivity contribution < 1.29 is 23.5 Å². The molecule has 2 aromatic rings. The van der Waals surface area contributed by atoms with Gasteiger partial charge in [-0.05, 0) is 37.7 Å². The third-order valence-corrected chi connectivity index (χ3v) is 5.64. The van der Waals surface area contributed by atoms with Crippen LogP contribution in [0.2, 0.25) is 5.02 Å². The predicted molar refractivity (Wildman–Crippen MR) is 154 cm³/mol. The van der Waals surface area contributed by atoms with Crippen molar-refractivity contribution in [1.29, 1.82) is 0 Å². The highest BCUT2D eigenvalue weighted by atomic mass is 35.5. The van der Waals surface area contributed by atoms with Crippen molar-refractivity contribution >= 4 is 41.1 Å². The van der Waals surface area contributed by atoms with Gasteiger partial charge in [0.2, 0.25) is 11.8 Å². The lowest BCUT2D eigenvalue weighted by atomic mass is 9.85. The summed E-state index contributed by atoms with van der Waals surface area (Å²) in [7, 11) is 8.60. The lowest BCUT2D eigenvalue weighted by Gasteiger charge is -2.24. The minimum absolute atomic E-state index is 0.00196. The standard InChI is InChI=1S/C21H30ClFN4O4.C7H9N/c1-21(2,10-20(30)26-17(12-28)16(24-3)11-27(4)5)9-19(29)25-15-7-13(22)14(23)8-18(15)31-6;1-8-7-5-3-2-4-6-7/h7-8,12,24H,9-11H2,1-6H3,(H,25,29)(H,26,30);2-6,8H,1H3/b17-16+;. The van der Waals surface area contributed by atoms with E-state index in [1.807, 2.05) is 56.4 Å². The SMILES string of the molecule is CN/C(CN(C)C)=C(\C=O)NC(=O)CC(C)(C)CC(=O)Nc1cc(Cl)c(F)cc1OC.CNc1ccccc1. The van der Waals surface area contributed by atoms with Crippen LogP contribution in [0.25, 0.3) is 0 Å². The molecular weight excluding hydrogens is 525 g/mol. The van der Waals surface area contributed by atoms with Gasteiger partial charge in [0.1, 0.15) is 17.3 Å². The Labute approximate surface area is 235 Å². The summed E-state index contributed by atoms with van der Waals surface area (Å²) in [6.07, 6.45) is 0.574. The van der Waals surface area contributed by atoms with E-state index in [1.54, 1.807) is 20.9 Å². The highest BCUT2D eigenvalue weighted by Gasteiger charge is 2.27. The summed E-state index contributed by atoms with van der Waals surface area (Å²) in [5.41, 5.74) is 1.39. The number of aldehydes is 1. The Balaban J connectivity index is 0.000000806. The van der Waals surface area contributed by atoms with E-state index in [4.69, 9.17) is 16.3 Å². The van der Waals surface area contributed by atoms with Crippen molar-refractivity contribution in [2.24, 2.45) is 5.41 Å². The minimum Gasteiger partial charge on any atom is -0.494 e. The summed E-state index contributed by atoms with van der Waals surface area (Å²) in [6, 6.07) is 12.4. The summed E-state index contributed by atoms with van der Waals surface area (Å²) >= 11 is 5.78. The van der Waals surface area contributed by atoms with Crippen LogP contribution >= 0.6 is 11.6 Å². The van der Waals surface area contributed by atoms with Crippen LogP contribution in [0.15, 0.2) is 53.9 Å². The van der Waals surface area contributed by atoms with Crippen LogP contribution in [-0.4, -0.2) is 64.8 Å². The normalized spacial score (nSPS) is 11.4. The van der Waals surface area contributed by atoms with Gasteiger partial charge in [0.15, 0.2) is 6.29 Å². The Hall–Kier alpha value is -3.63. The van der Waals surface area contributed by atoms with Crippen LogP contribution in [0.5, 0.6) is 5.75 Å². The number of allylic oxidation sites excluding steroid dienone is 1. The van der Waals surface area contributed by atoms with E-state index < -0.39 is 23.0 Å². The van der Waals surface area contributed by atoms with Gasteiger partial charge in [0, 0.05) is 45.2 Å². The highest BCUT2D eigenvalue weighted by molar-refractivity contribution is 6.31. The third-order valence-electron chi connectivity index (χ3n) is 5.35. The molecule has 9 nitrogen and oxygen atoms in total. The number of carbonyl (C=O) groups excluding carboxylic acids is 3. The van der Waals surface area contributed by atoms with Gasteiger partial charge >= 0.3 is 0 Å². The quantitative estimate of drug-likeness (QED) is 0.225. The smallest absolute Gasteiger partial charge is 0.225 e. The van der Waals surface area contributed by atoms with Gasteiger partial charge in [-0.15, -0.1) is 0 Å². The van der Waals surface area contributed by atoms with E-state index in [2.05, 4.69) is 21.3 Å². The van der Waals surface area contributed by atoms with E-state index in [1.165, 1.54) is 13.2 Å². The van der Waals surface area contributed by atoms with Crippen molar-refractivity contribution in [3.8, 4) is 5.75 Å². The van der Waals surface area contributed by atoms with Crippen LogP contribution < -0.4 is 26.0 Å². The largest absolute Gasteiger partial charge is 0.494 e. The molecule has 0 spiro atoms. The Morgan fingerprint density at radius 1 is 1.08 bits per heavy atom. The zero-order chi connectivity index (χ0) is 29.6. The third kappa shape index (κ3) is 12.2. The maximum absolute atomic E-state index is 13.6. The summed E-state index contributed by atoms with van der Waals surface area (Å²) in [5, 5.41) is 11.0. The van der Waals surface area contributed by atoms with E-state index in [0.29, 0.717) is 18.5 Å². The van der Waals surface area contributed by atoms with Crippen molar-refractivity contribution in [1.82, 2.24) is 15.5 Å². The Bertz CT molecular complexity index is 1140. The molecule has 0 aromatic heterocycles. The van der Waals surface area contributed by atoms with Crippen molar-refractivity contribution in [2.75, 3.05) is 52.5 Å². The first-order valence-corrected chi connectivity index (χ1v) is 12.6. The molecule has 0 radical (unpaired) electrons. The number of amides is 2. The number of hydrogen-bond donors (Lipinski definition) is 4. The average molecular weight is 564 g/mol. The summed E-state index contributed by atoms with van der Waals surface area (Å²) in [5.74, 6) is -1.32. The number of likely N-dealkylation sites (N-methyl/N-ethyl adjacent to an activating group) is 2. The monoisotopic (exact) mass is 563 g/mol. The maximum atomic E-state index is 13.6. The Morgan fingerprint density at radius 2 is 1.69 bits per heavy atom. The zero-order valence-corrected chi connectivity index (χ0v) is 24.3. The maximum Gasteiger partial charge on any atom is 0.225 e. The van der Waals surface area contributed by atoms with Crippen LogP contribution in [-0.2, 0) is 14.4 Å². The van der Waals surface area contributed by atoms with Crippen LogP contribution in [0.3, 0.4) is 0 Å². The Kier molecular flexibility index (Phi) is 14.0. The first-order valence-electron chi connectivity index (χ1n) is 12.2. The molecule has 39 heavy (non-hydrogen) atoms. The molecule has 11 heteroatoms. The molecule has 0 saturated carbocycles. The van der Waals surface area contributed by atoms with Gasteiger partial charge in [0.05, 0.1) is 23.5 Å². The fourth-order valence-electron chi connectivity index (χ4n) is 3.51.